The first-order valence-corrected chi connectivity index (χ1v) is 9.58. The minimum absolute atomic E-state index is 0.131. The zero-order chi connectivity index (χ0) is 16.1. The number of hydrogen-bond acceptors (Lipinski definition) is 3. The molecule has 0 bridgehead atoms. The van der Waals surface area contributed by atoms with Crippen LogP contribution in [0.5, 0.6) is 0 Å². The molecule has 1 heterocycles. The van der Waals surface area contributed by atoms with Gasteiger partial charge in [-0.3, -0.25) is 4.21 Å². The SMILES string of the molecule is Cc1ccsc1-c1cccc(NC(=O)N[C@@H](C)C[S@](C)=O)c1. The van der Waals surface area contributed by atoms with E-state index in [1.54, 1.807) is 17.6 Å². The number of carbonyl (C=O) groups is 1. The Bertz CT molecular complexity index is 682. The Labute approximate surface area is 137 Å². The van der Waals surface area contributed by atoms with E-state index in [4.69, 9.17) is 0 Å². The van der Waals surface area contributed by atoms with Crippen LogP contribution in [0.4, 0.5) is 10.5 Å². The molecule has 1 aromatic carbocycles. The standard InChI is InChI=1S/C16H20N2O2S2/c1-11-7-8-21-15(11)13-5-4-6-14(9-13)18-16(19)17-12(2)10-22(3)20/h4-9,12H,10H2,1-3H3,(H2,17,18,19)/t12-,22-/m0/s1. The van der Waals surface area contributed by atoms with Crippen LogP contribution in [0.2, 0.25) is 0 Å². The predicted molar refractivity (Wildman–Crippen MR) is 95.0 cm³/mol. The van der Waals surface area contributed by atoms with Crippen molar-refractivity contribution in [2.75, 3.05) is 17.3 Å². The summed E-state index contributed by atoms with van der Waals surface area (Å²) in [6, 6.07) is 9.45. The van der Waals surface area contributed by atoms with Gasteiger partial charge in [0, 0.05) is 39.4 Å². The Hall–Kier alpha value is -1.66. The van der Waals surface area contributed by atoms with Gasteiger partial charge >= 0.3 is 6.03 Å². The van der Waals surface area contributed by atoms with E-state index in [1.165, 1.54) is 10.4 Å². The molecular weight excluding hydrogens is 316 g/mol. The second kappa shape index (κ2) is 7.56. The van der Waals surface area contributed by atoms with E-state index in [1.807, 2.05) is 31.2 Å². The van der Waals surface area contributed by atoms with Gasteiger partial charge in [0.1, 0.15) is 0 Å². The van der Waals surface area contributed by atoms with Crippen LogP contribution in [0.3, 0.4) is 0 Å². The van der Waals surface area contributed by atoms with Crippen molar-refractivity contribution in [2.24, 2.45) is 0 Å². The smallest absolute Gasteiger partial charge is 0.319 e. The molecule has 2 rings (SSSR count). The Balaban J connectivity index is 2.03. The molecule has 6 heteroatoms. The van der Waals surface area contributed by atoms with Crippen LogP contribution in [0.25, 0.3) is 10.4 Å². The Morgan fingerprint density at radius 1 is 1.36 bits per heavy atom. The van der Waals surface area contributed by atoms with Crippen molar-refractivity contribution in [2.45, 2.75) is 19.9 Å². The molecule has 0 saturated heterocycles. The molecule has 0 aliphatic carbocycles. The minimum atomic E-state index is -0.926. The lowest BCUT2D eigenvalue weighted by atomic mass is 10.1. The number of benzene rings is 1. The van der Waals surface area contributed by atoms with Gasteiger partial charge in [0.05, 0.1) is 0 Å². The first-order valence-electron chi connectivity index (χ1n) is 6.98. The van der Waals surface area contributed by atoms with Gasteiger partial charge < -0.3 is 10.6 Å². The van der Waals surface area contributed by atoms with Crippen molar-refractivity contribution < 1.29 is 9.00 Å². The van der Waals surface area contributed by atoms with Gasteiger partial charge in [0.15, 0.2) is 0 Å². The second-order valence-corrected chi connectivity index (χ2v) is 7.65. The van der Waals surface area contributed by atoms with Crippen molar-refractivity contribution in [1.82, 2.24) is 5.32 Å². The number of carbonyl (C=O) groups excluding carboxylic acids is 1. The van der Waals surface area contributed by atoms with E-state index in [-0.39, 0.29) is 12.1 Å². The van der Waals surface area contributed by atoms with E-state index >= 15 is 0 Å². The largest absolute Gasteiger partial charge is 0.334 e. The van der Waals surface area contributed by atoms with Crippen LogP contribution in [0, 0.1) is 6.92 Å². The van der Waals surface area contributed by atoms with Gasteiger partial charge in [-0.1, -0.05) is 12.1 Å². The van der Waals surface area contributed by atoms with Crippen molar-refractivity contribution >= 4 is 33.9 Å². The predicted octanol–water partition coefficient (Wildman–Crippen LogP) is 3.61. The zero-order valence-corrected chi connectivity index (χ0v) is 14.5. The third-order valence-corrected chi connectivity index (χ3v) is 5.14. The fourth-order valence-corrected chi connectivity index (χ4v) is 3.90. The number of anilines is 1. The third kappa shape index (κ3) is 4.68. The van der Waals surface area contributed by atoms with Gasteiger partial charge in [0.2, 0.25) is 0 Å². The first kappa shape index (κ1) is 16.7. The van der Waals surface area contributed by atoms with Crippen molar-refractivity contribution in [3.8, 4) is 10.4 Å². The van der Waals surface area contributed by atoms with Gasteiger partial charge in [-0.15, -0.1) is 11.3 Å². The number of urea groups is 1. The van der Waals surface area contributed by atoms with E-state index in [9.17, 15) is 9.00 Å². The molecule has 2 aromatic rings. The highest BCUT2D eigenvalue weighted by Gasteiger charge is 2.10. The van der Waals surface area contributed by atoms with Crippen molar-refractivity contribution in [3.05, 3.63) is 41.3 Å². The molecule has 2 N–H and O–H groups in total. The molecule has 0 radical (unpaired) electrons. The summed E-state index contributed by atoms with van der Waals surface area (Å²) in [6.07, 6.45) is 1.63. The topological polar surface area (TPSA) is 58.2 Å². The molecule has 0 aliphatic heterocycles. The lowest BCUT2D eigenvalue weighted by Gasteiger charge is -2.13. The molecule has 1 aromatic heterocycles. The second-order valence-electron chi connectivity index (χ2n) is 5.25. The van der Waals surface area contributed by atoms with E-state index in [0.29, 0.717) is 5.75 Å². The third-order valence-electron chi connectivity index (χ3n) is 3.11. The Morgan fingerprint density at radius 3 is 2.77 bits per heavy atom. The highest BCUT2D eigenvalue weighted by molar-refractivity contribution is 7.84. The molecule has 2 atom stereocenters. The van der Waals surface area contributed by atoms with Crippen LogP contribution < -0.4 is 10.6 Å². The first-order chi connectivity index (χ1) is 10.5. The number of nitrogens with one attached hydrogen (secondary N) is 2. The number of aryl methyl sites for hydroxylation is 1. The fourth-order valence-electron chi connectivity index (χ4n) is 2.19. The summed E-state index contributed by atoms with van der Waals surface area (Å²) in [5.74, 6) is 0.446. The Kier molecular flexibility index (Phi) is 5.74. The van der Waals surface area contributed by atoms with Crippen molar-refractivity contribution in [3.63, 3.8) is 0 Å². The van der Waals surface area contributed by atoms with Crippen LogP contribution in [-0.2, 0) is 10.8 Å². The quantitative estimate of drug-likeness (QED) is 0.876. The number of amides is 2. The lowest BCUT2D eigenvalue weighted by molar-refractivity contribution is 0.250. The fraction of sp³-hybridized carbons (Fsp3) is 0.312. The van der Waals surface area contributed by atoms with E-state index in [2.05, 4.69) is 29.0 Å². The minimum Gasteiger partial charge on any atom is -0.334 e. The molecule has 0 aliphatic rings. The maximum absolute atomic E-state index is 12.0. The molecule has 118 valence electrons. The number of hydrogen-bond donors (Lipinski definition) is 2. The monoisotopic (exact) mass is 336 g/mol. The van der Waals surface area contributed by atoms with E-state index < -0.39 is 10.8 Å². The zero-order valence-electron chi connectivity index (χ0n) is 12.9. The van der Waals surface area contributed by atoms with Gasteiger partial charge in [0.25, 0.3) is 0 Å². The average Bonchev–Trinajstić information content (AvgIpc) is 2.84. The summed E-state index contributed by atoms with van der Waals surface area (Å²) in [6.45, 7) is 3.91. The normalized spacial score (nSPS) is 13.4. The summed E-state index contributed by atoms with van der Waals surface area (Å²) < 4.78 is 11.1. The summed E-state index contributed by atoms with van der Waals surface area (Å²) in [7, 11) is -0.926. The molecule has 0 fully saturated rings. The van der Waals surface area contributed by atoms with Crippen LogP contribution in [0.15, 0.2) is 35.7 Å². The highest BCUT2D eigenvalue weighted by atomic mass is 32.2. The summed E-state index contributed by atoms with van der Waals surface area (Å²) >= 11 is 1.69. The van der Waals surface area contributed by atoms with Gasteiger partial charge in [-0.25, -0.2) is 4.79 Å². The summed E-state index contributed by atoms with van der Waals surface area (Å²) in [5, 5.41) is 7.67. The molecule has 4 nitrogen and oxygen atoms in total. The highest BCUT2D eigenvalue weighted by Crippen LogP contribution is 2.30. The molecule has 22 heavy (non-hydrogen) atoms. The number of thiophene rings is 1. The summed E-state index contributed by atoms with van der Waals surface area (Å²) in [5.41, 5.74) is 3.06. The molecule has 0 saturated carbocycles. The molecule has 0 spiro atoms. The maximum Gasteiger partial charge on any atom is 0.319 e. The van der Waals surface area contributed by atoms with Crippen LogP contribution in [0.1, 0.15) is 12.5 Å². The summed E-state index contributed by atoms with van der Waals surface area (Å²) in [4.78, 5) is 13.2. The van der Waals surface area contributed by atoms with Crippen LogP contribution >= 0.6 is 11.3 Å². The molecular formula is C16H20N2O2S2. The number of rotatable bonds is 5. The molecule has 0 unspecified atom stereocenters. The Morgan fingerprint density at radius 2 is 2.14 bits per heavy atom. The van der Waals surface area contributed by atoms with Gasteiger partial charge in [-0.05, 0) is 48.6 Å². The lowest BCUT2D eigenvalue weighted by Crippen LogP contribution is -2.39. The van der Waals surface area contributed by atoms with Crippen molar-refractivity contribution in [1.29, 1.82) is 0 Å². The van der Waals surface area contributed by atoms with E-state index in [0.717, 1.165) is 11.3 Å². The average molecular weight is 336 g/mol. The maximum atomic E-state index is 12.0. The van der Waals surface area contributed by atoms with Gasteiger partial charge in [-0.2, -0.15) is 0 Å². The molecule has 2 amide bonds. The van der Waals surface area contributed by atoms with Crippen LogP contribution in [-0.4, -0.2) is 28.3 Å².